The first kappa shape index (κ1) is 14.8. The number of nitrogens with zero attached hydrogens (tertiary/aromatic N) is 1. The molecule has 1 N–H and O–H groups in total. The van der Waals surface area contributed by atoms with E-state index >= 15 is 0 Å². The number of aromatic amines is 1. The molecule has 1 aliphatic carbocycles. The van der Waals surface area contributed by atoms with Gasteiger partial charge in [-0.15, -0.1) is 0 Å². The average molecular weight is 394 g/mol. The van der Waals surface area contributed by atoms with E-state index in [9.17, 15) is 4.79 Å². The molecule has 1 fully saturated rings. The smallest absolute Gasteiger partial charge is 0.264 e. The zero-order valence-electron chi connectivity index (χ0n) is 12.1. The minimum Gasteiger partial charge on any atom is -0.309 e. The maximum Gasteiger partial charge on any atom is 0.264 e. The highest BCUT2D eigenvalue weighted by atomic mass is 127. The Morgan fingerprint density at radius 3 is 2.71 bits per heavy atom. The number of halogens is 1. The summed E-state index contributed by atoms with van der Waals surface area (Å²) in [6, 6.07) is 9.97. The van der Waals surface area contributed by atoms with Gasteiger partial charge in [0.05, 0.1) is 5.69 Å². The first-order valence-corrected chi connectivity index (χ1v) is 8.62. The Morgan fingerprint density at radius 1 is 1.29 bits per heavy atom. The predicted octanol–water partition coefficient (Wildman–Crippen LogP) is 4.34. The normalized spacial score (nSPS) is 21.6. The standard InChI is InChI=1S/C17H19IN2O/c1-2-11-8-9-13(10-11)16-19-15(14(18)17(21)20-16)12-6-4-3-5-7-12/h3-7,11,13H,2,8-10H2,1H3,(H,19,20,21). The highest BCUT2D eigenvalue weighted by molar-refractivity contribution is 14.1. The van der Waals surface area contributed by atoms with Crippen LogP contribution in [0.5, 0.6) is 0 Å². The van der Waals surface area contributed by atoms with Crippen molar-refractivity contribution in [3.8, 4) is 11.3 Å². The van der Waals surface area contributed by atoms with Crippen LogP contribution in [0.25, 0.3) is 11.3 Å². The Hall–Kier alpha value is -1.17. The van der Waals surface area contributed by atoms with Gasteiger partial charge in [0.2, 0.25) is 0 Å². The molecule has 2 unspecified atom stereocenters. The molecule has 0 spiro atoms. The summed E-state index contributed by atoms with van der Waals surface area (Å²) in [5.74, 6) is 2.05. The van der Waals surface area contributed by atoms with Crippen LogP contribution in [-0.4, -0.2) is 9.97 Å². The molecule has 3 rings (SSSR count). The monoisotopic (exact) mass is 394 g/mol. The van der Waals surface area contributed by atoms with Crippen molar-refractivity contribution in [1.82, 2.24) is 9.97 Å². The molecule has 3 nitrogen and oxygen atoms in total. The summed E-state index contributed by atoms with van der Waals surface area (Å²) in [4.78, 5) is 20.0. The lowest BCUT2D eigenvalue weighted by molar-refractivity contribution is 0.516. The minimum absolute atomic E-state index is 0.0144. The zero-order chi connectivity index (χ0) is 14.8. The lowest BCUT2D eigenvalue weighted by atomic mass is 10.0. The molecule has 1 aromatic carbocycles. The van der Waals surface area contributed by atoms with Crippen molar-refractivity contribution < 1.29 is 0 Å². The van der Waals surface area contributed by atoms with E-state index < -0.39 is 0 Å². The molecule has 21 heavy (non-hydrogen) atoms. The van der Waals surface area contributed by atoms with Crippen LogP contribution >= 0.6 is 22.6 Å². The molecular weight excluding hydrogens is 375 g/mol. The van der Waals surface area contributed by atoms with Gasteiger partial charge >= 0.3 is 0 Å². The van der Waals surface area contributed by atoms with Crippen molar-refractivity contribution in [2.24, 2.45) is 5.92 Å². The van der Waals surface area contributed by atoms with Gasteiger partial charge in [0.25, 0.3) is 5.56 Å². The SMILES string of the molecule is CCC1CCC(c2nc(-c3ccccc3)c(I)c(=O)[nH]2)C1. The highest BCUT2D eigenvalue weighted by Gasteiger charge is 2.27. The van der Waals surface area contributed by atoms with Crippen LogP contribution in [0.2, 0.25) is 0 Å². The maximum absolute atomic E-state index is 12.2. The fraction of sp³-hybridized carbons (Fsp3) is 0.412. The summed E-state index contributed by atoms with van der Waals surface area (Å²) in [6.45, 7) is 2.24. The number of H-pyrrole nitrogens is 1. The van der Waals surface area contributed by atoms with E-state index in [2.05, 4.69) is 34.5 Å². The second-order valence-electron chi connectivity index (χ2n) is 5.76. The second kappa shape index (κ2) is 6.30. The van der Waals surface area contributed by atoms with Gasteiger partial charge < -0.3 is 4.98 Å². The van der Waals surface area contributed by atoms with Crippen LogP contribution in [0.1, 0.15) is 44.3 Å². The summed E-state index contributed by atoms with van der Waals surface area (Å²) in [5.41, 5.74) is 1.81. The Morgan fingerprint density at radius 2 is 2.05 bits per heavy atom. The molecule has 2 atom stereocenters. The van der Waals surface area contributed by atoms with Gasteiger partial charge in [-0.3, -0.25) is 4.79 Å². The Bertz CT molecular complexity index is 681. The van der Waals surface area contributed by atoms with E-state index in [4.69, 9.17) is 4.98 Å². The highest BCUT2D eigenvalue weighted by Crippen LogP contribution is 2.38. The first-order chi connectivity index (χ1) is 10.2. The zero-order valence-corrected chi connectivity index (χ0v) is 14.3. The van der Waals surface area contributed by atoms with Gasteiger partial charge in [-0.2, -0.15) is 0 Å². The molecule has 0 bridgehead atoms. The average Bonchev–Trinajstić information content (AvgIpc) is 3.00. The number of hydrogen-bond donors (Lipinski definition) is 1. The lowest BCUT2D eigenvalue weighted by Crippen LogP contribution is -2.18. The van der Waals surface area contributed by atoms with Crippen LogP contribution in [0.4, 0.5) is 0 Å². The molecule has 0 amide bonds. The van der Waals surface area contributed by atoms with E-state index in [0.29, 0.717) is 9.49 Å². The van der Waals surface area contributed by atoms with Crippen molar-refractivity contribution in [3.05, 3.63) is 50.1 Å². The summed E-state index contributed by atoms with van der Waals surface area (Å²) in [6.07, 6.45) is 4.75. The van der Waals surface area contributed by atoms with Crippen LogP contribution in [0, 0.1) is 9.49 Å². The van der Waals surface area contributed by atoms with Crippen molar-refractivity contribution in [3.63, 3.8) is 0 Å². The quantitative estimate of drug-likeness (QED) is 0.788. The Balaban J connectivity index is 2.01. The molecule has 1 aliphatic rings. The fourth-order valence-corrected chi connectivity index (χ4v) is 3.72. The predicted molar refractivity (Wildman–Crippen MR) is 93.4 cm³/mol. The van der Waals surface area contributed by atoms with E-state index in [0.717, 1.165) is 35.8 Å². The minimum atomic E-state index is -0.0144. The number of nitrogens with one attached hydrogen (secondary N) is 1. The van der Waals surface area contributed by atoms with Gasteiger partial charge in [0.15, 0.2) is 0 Å². The molecule has 1 saturated carbocycles. The third kappa shape index (κ3) is 3.05. The maximum atomic E-state index is 12.2. The van der Waals surface area contributed by atoms with Gasteiger partial charge in [-0.1, -0.05) is 43.7 Å². The summed E-state index contributed by atoms with van der Waals surface area (Å²) >= 11 is 2.09. The number of benzene rings is 1. The molecule has 110 valence electrons. The van der Waals surface area contributed by atoms with Crippen molar-refractivity contribution in [1.29, 1.82) is 0 Å². The van der Waals surface area contributed by atoms with E-state index in [1.54, 1.807) is 0 Å². The lowest BCUT2D eigenvalue weighted by Gasteiger charge is -2.12. The summed E-state index contributed by atoms with van der Waals surface area (Å²) in [5, 5.41) is 0. The first-order valence-electron chi connectivity index (χ1n) is 7.54. The molecule has 4 heteroatoms. The third-order valence-corrected chi connectivity index (χ3v) is 5.43. The number of hydrogen-bond acceptors (Lipinski definition) is 2. The van der Waals surface area contributed by atoms with Crippen LogP contribution in [0.15, 0.2) is 35.1 Å². The molecule has 0 radical (unpaired) electrons. The van der Waals surface area contributed by atoms with Crippen LogP contribution < -0.4 is 5.56 Å². The molecule has 0 saturated heterocycles. The van der Waals surface area contributed by atoms with Gasteiger partial charge in [-0.25, -0.2) is 4.98 Å². The number of rotatable bonds is 3. The van der Waals surface area contributed by atoms with E-state index in [1.807, 2.05) is 30.3 Å². The number of aromatic nitrogens is 2. The molecule has 0 aliphatic heterocycles. The molecule has 1 heterocycles. The Labute approximate surface area is 138 Å². The second-order valence-corrected chi connectivity index (χ2v) is 6.84. The largest absolute Gasteiger partial charge is 0.309 e. The van der Waals surface area contributed by atoms with Crippen LogP contribution in [0.3, 0.4) is 0 Å². The van der Waals surface area contributed by atoms with E-state index in [-0.39, 0.29) is 5.56 Å². The van der Waals surface area contributed by atoms with E-state index in [1.165, 1.54) is 12.8 Å². The Kier molecular flexibility index (Phi) is 4.42. The topological polar surface area (TPSA) is 45.8 Å². The van der Waals surface area contributed by atoms with Crippen LogP contribution in [-0.2, 0) is 0 Å². The molecule has 1 aromatic heterocycles. The molecular formula is C17H19IN2O. The molecule has 2 aromatic rings. The fourth-order valence-electron chi connectivity index (χ4n) is 3.15. The van der Waals surface area contributed by atoms with Gasteiger partial charge in [0.1, 0.15) is 9.39 Å². The summed E-state index contributed by atoms with van der Waals surface area (Å²) in [7, 11) is 0. The third-order valence-electron chi connectivity index (χ3n) is 4.43. The van der Waals surface area contributed by atoms with Gasteiger partial charge in [-0.05, 0) is 47.8 Å². The van der Waals surface area contributed by atoms with Crippen molar-refractivity contribution >= 4 is 22.6 Å². The summed E-state index contributed by atoms with van der Waals surface area (Å²) < 4.78 is 0.674. The van der Waals surface area contributed by atoms with Crippen molar-refractivity contribution in [2.75, 3.05) is 0 Å². The van der Waals surface area contributed by atoms with Crippen molar-refractivity contribution in [2.45, 2.75) is 38.5 Å². The van der Waals surface area contributed by atoms with Gasteiger partial charge in [0, 0.05) is 11.5 Å².